The molecule has 0 fully saturated rings. The lowest BCUT2D eigenvalue weighted by Crippen LogP contribution is -1.96. The molecular weight excluding hydrogens is 214 g/mol. The molecule has 2 N–H and O–H groups in total. The molecule has 0 saturated heterocycles. The molecule has 3 aromatic rings. The Morgan fingerprint density at radius 1 is 1.18 bits per heavy atom. The topological polar surface area (TPSA) is 69.6 Å². The molecule has 0 aliphatic heterocycles. The summed E-state index contributed by atoms with van der Waals surface area (Å²) in [7, 11) is 1.87. The van der Waals surface area contributed by atoms with Crippen molar-refractivity contribution in [2.75, 3.05) is 5.73 Å². The summed E-state index contributed by atoms with van der Waals surface area (Å²) < 4.78 is 1.74. The molecule has 5 heteroatoms. The molecule has 3 rings (SSSR count). The maximum Gasteiger partial charge on any atom is 0.135 e. The first-order chi connectivity index (χ1) is 8.06. The summed E-state index contributed by atoms with van der Waals surface area (Å²) in [5, 5.41) is 5.26. The van der Waals surface area contributed by atoms with Crippen molar-refractivity contribution in [1.82, 2.24) is 19.7 Å². The number of hydrogen-bond acceptors (Lipinski definition) is 4. The van der Waals surface area contributed by atoms with Crippen molar-refractivity contribution in [1.29, 1.82) is 0 Å². The largest absolute Gasteiger partial charge is 0.383 e. The Kier molecular flexibility index (Phi) is 1.86. The molecule has 86 valence electrons. The molecule has 0 radical (unpaired) electrons. The average molecular weight is 227 g/mol. The third-order valence-corrected chi connectivity index (χ3v) is 3.02. The monoisotopic (exact) mass is 227 g/mol. The Balaban J connectivity index is 2.58. The van der Waals surface area contributed by atoms with Crippen LogP contribution in [0.2, 0.25) is 0 Å². The number of rotatable bonds is 0. The van der Waals surface area contributed by atoms with E-state index in [1.165, 1.54) is 0 Å². The molecule has 3 heterocycles. The lowest BCUT2D eigenvalue weighted by atomic mass is 10.1. The molecule has 0 atom stereocenters. The second-order valence-corrected chi connectivity index (χ2v) is 4.32. The molecular formula is C12H13N5. The van der Waals surface area contributed by atoms with Gasteiger partial charge < -0.3 is 5.73 Å². The minimum absolute atomic E-state index is 0.505. The first kappa shape index (κ1) is 10.0. The first-order valence-corrected chi connectivity index (χ1v) is 5.43. The van der Waals surface area contributed by atoms with Gasteiger partial charge in [0.05, 0.1) is 10.9 Å². The minimum atomic E-state index is 0.505. The number of nitrogens with zero attached hydrogens (tertiary/aromatic N) is 4. The van der Waals surface area contributed by atoms with Crippen molar-refractivity contribution in [2.45, 2.75) is 13.8 Å². The van der Waals surface area contributed by atoms with Gasteiger partial charge in [-0.2, -0.15) is 5.10 Å². The van der Waals surface area contributed by atoms with E-state index in [1.807, 2.05) is 33.2 Å². The van der Waals surface area contributed by atoms with Gasteiger partial charge >= 0.3 is 0 Å². The number of aromatic nitrogens is 4. The molecule has 5 nitrogen and oxygen atoms in total. The van der Waals surface area contributed by atoms with Crippen LogP contribution in [0.3, 0.4) is 0 Å². The fourth-order valence-corrected chi connectivity index (χ4v) is 1.99. The van der Waals surface area contributed by atoms with Gasteiger partial charge in [-0.3, -0.25) is 4.68 Å². The molecule has 17 heavy (non-hydrogen) atoms. The van der Waals surface area contributed by atoms with Gasteiger partial charge in [0.15, 0.2) is 0 Å². The Morgan fingerprint density at radius 3 is 2.71 bits per heavy atom. The number of nitrogen functional groups attached to an aromatic ring is 1. The highest BCUT2D eigenvalue weighted by Gasteiger charge is 2.11. The van der Waals surface area contributed by atoms with Crippen LogP contribution >= 0.6 is 0 Å². The second kappa shape index (κ2) is 3.16. The fraction of sp³-hybridized carbons (Fsp3) is 0.250. The van der Waals surface area contributed by atoms with Crippen LogP contribution in [-0.4, -0.2) is 19.7 Å². The highest BCUT2D eigenvalue weighted by molar-refractivity contribution is 6.05. The van der Waals surface area contributed by atoms with Crippen LogP contribution in [-0.2, 0) is 7.05 Å². The van der Waals surface area contributed by atoms with Gasteiger partial charge in [0, 0.05) is 18.9 Å². The smallest absolute Gasteiger partial charge is 0.135 e. The number of pyridine rings is 2. The van der Waals surface area contributed by atoms with Gasteiger partial charge in [-0.1, -0.05) is 0 Å². The van der Waals surface area contributed by atoms with Crippen LogP contribution < -0.4 is 5.73 Å². The van der Waals surface area contributed by atoms with Gasteiger partial charge in [0.2, 0.25) is 0 Å². The van der Waals surface area contributed by atoms with Crippen molar-refractivity contribution >= 4 is 27.8 Å². The number of nitrogens with two attached hydrogens (primary N) is 1. The first-order valence-electron chi connectivity index (χ1n) is 5.43. The third-order valence-electron chi connectivity index (χ3n) is 3.02. The predicted octanol–water partition coefficient (Wildman–Crippen LogP) is 1.72. The molecule has 0 amide bonds. The zero-order valence-corrected chi connectivity index (χ0v) is 10.0. The van der Waals surface area contributed by atoms with Crippen LogP contribution in [0.4, 0.5) is 5.82 Å². The highest BCUT2D eigenvalue weighted by Crippen LogP contribution is 2.26. The highest BCUT2D eigenvalue weighted by atomic mass is 15.2. The summed E-state index contributed by atoms with van der Waals surface area (Å²) in [6.07, 6.45) is 1.87. The Labute approximate surface area is 98.3 Å². The van der Waals surface area contributed by atoms with E-state index >= 15 is 0 Å². The van der Waals surface area contributed by atoms with E-state index in [1.54, 1.807) is 4.68 Å². The Hall–Kier alpha value is -2.17. The van der Waals surface area contributed by atoms with Gasteiger partial charge in [-0.15, -0.1) is 0 Å². The number of anilines is 1. The molecule has 0 spiro atoms. The zero-order valence-electron chi connectivity index (χ0n) is 10.0. The molecule has 0 bridgehead atoms. The van der Waals surface area contributed by atoms with Crippen LogP contribution in [0.15, 0.2) is 12.3 Å². The standard InChI is InChI=1S/C12H13N5/c1-6-4-9-11(14-7(6)2)10-8(12(13)15-9)5-17(3)16-10/h4-5H,1-3H3,(H2,13,15). The molecule has 3 aromatic heterocycles. The summed E-state index contributed by atoms with van der Waals surface area (Å²) in [6.45, 7) is 4.00. The van der Waals surface area contributed by atoms with Crippen molar-refractivity contribution in [3.05, 3.63) is 23.5 Å². The van der Waals surface area contributed by atoms with Crippen molar-refractivity contribution in [2.24, 2.45) is 7.05 Å². The average Bonchev–Trinajstić information content (AvgIpc) is 2.64. The van der Waals surface area contributed by atoms with Crippen molar-refractivity contribution in [3.63, 3.8) is 0 Å². The van der Waals surface area contributed by atoms with Gasteiger partial charge in [0.1, 0.15) is 16.9 Å². The summed E-state index contributed by atoms with van der Waals surface area (Å²) >= 11 is 0. The molecule has 0 saturated carbocycles. The Morgan fingerprint density at radius 2 is 1.94 bits per heavy atom. The predicted molar refractivity (Wildman–Crippen MR) is 67.7 cm³/mol. The van der Waals surface area contributed by atoms with E-state index in [-0.39, 0.29) is 0 Å². The summed E-state index contributed by atoms with van der Waals surface area (Å²) in [4.78, 5) is 8.94. The number of aryl methyl sites for hydroxylation is 3. The second-order valence-electron chi connectivity index (χ2n) is 4.32. The SMILES string of the molecule is Cc1cc2nc(N)c3cn(C)nc3c2nc1C. The van der Waals surface area contributed by atoms with Crippen molar-refractivity contribution < 1.29 is 0 Å². The lowest BCUT2D eigenvalue weighted by Gasteiger charge is -2.04. The number of hydrogen-bond donors (Lipinski definition) is 1. The summed E-state index contributed by atoms with van der Waals surface area (Å²) in [6, 6.07) is 2.00. The maximum absolute atomic E-state index is 5.93. The van der Waals surface area contributed by atoms with Crippen LogP contribution in [0, 0.1) is 13.8 Å². The fourth-order valence-electron chi connectivity index (χ4n) is 1.99. The van der Waals surface area contributed by atoms with E-state index in [0.717, 1.165) is 33.2 Å². The molecule has 0 aliphatic rings. The minimum Gasteiger partial charge on any atom is -0.383 e. The third kappa shape index (κ3) is 1.35. The quantitative estimate of drug-likeness (QED) is 0.634. The molecule has 0 unspecified atom stereocenters. The van der Waals surface area contributed by atoms with E-state index in [2.05, 4.69) is 15.1 Å². The van der Waals surface area contributed by atoms with Crippen LogP contribution in [0.5, 0.6) is 0 Å². The Bertz CT molecular complexity index is 742. The van der Waals surface area contributed by atoms with E-state index in [0.29, 0.717) is 5.82 Å². The van der Waals surface area contributed by atoms with E-state index in [4.69, 9.17) is 5.73 Å². The van der Waals surface area contributed by atoms with Gasteiger partial charge in [-0.05, 0) is 25.5 Å². The lowest BCUT2D eigenvalue weighted by molar-refractivity contribution is 0.780. The van der Waals surface area contributed by atoms with Gasteiger partial charge in [0.25, 0.3) is 0 Å². The van der Waals surface area contributed by atoms with Crippen molar-refractivity contribution in [3.8, 4) is 0 Å². The summed E-state index contributed by atoms with van der Waals surface area (Å²) in [5.74, 6) is 0.505. The van der Waals surface area contributed by atoms with E-state index < -0.39 is 0 Å². The normalized spacial score (nSPS) is 11.5. The maximum atomic E-state index is 5.93. The number of fused-ring (bicyclic) bond motifs is 3. The van der Waals surface area contributed by atoms with Crippen LogP contribution in [0.25, 0.3) is 21.9 Å². The van der Waals surface area contributed by atoms with Gasteiger partial charge in [-0.25, -0.2) is 9.97 Å². The summed E-state index contributed by atoms with van der Waals surface area (Å²) in [5.41, 5.74) is 10.5. The zero-order chi connectivity index (χ0) is 12.2. The molecule has 0 aliphatic carbocycles. The van der Waals surface area contributed by atoms with Crippen LogP contribution in [0.1, 0.15) is 11.3 Å². The van der Waals surface area contributed by atoms with E-state index in [9.17, 15) is 0 Å². The molecule has 0 aromatic carbocycles.